The van der Waals surface area contributed by atoms with E-state index in [-0.39, 0.29) is 18.2 Å². The number of hydrogen-bond acceptors (Lipinski definition) is 5. The molecule has 0 amide bonds. The van der Waals surface area contributed by atoms with Gasteiger partial charge in [0, 0.05) is 38.3 Å². The number of fused-ring (bicyclic) bond motifs is 2. The van der Waals surface area contributed by atoms with Gasteiger partial charge in [0.1, 0.15) is 17.3 Å². The average Bonchev–Trinajstić information content (AvgIpc) is 2.82. The van der Waals surface area contributed by atoms with E-state index in [9.17, 15) is 9.65 Å². The van der Waals surface area contributed by atoms with Crippen molar-refractivity contribution >= 4 is 23.6 Å². The van der Waals surface area contributed by atoms with Gasteiger partial charge in [-0.15, -0.1) is 12.4 Å². The summed E-state index contributed by atoms with van der Waals surface area (Å²) >= 11 is 0. The van der Waals surface area contributed by atoms with Crippen LogP contribution in [-0.4, -0.2) is 59.3 Å². The van der Waals surface area contributed by atoms with Gasteiger partial charge in [0.2, 0.25) is 0 Å². The Balaban J connectivity index is 0.00000182. The van der Waals surface area contributed by atoms with Gasteiger partial charge in [0.15, 0.2) is 5.82 Å². The molecule has 4 heterocycles. The van der Waals surface area contributed by atoms with Crippen LogP contribution in [0.1, 0.15) is 19.0 Å². The Morgan fingerprint density at radius 3 is 2.96 bits per heavy atom. The smallest absolute Gasteiger partial charge is 0.171 e. The highest BCUT2D eigenvalue weighted by atomic mass is 35.5. The molecule has 0 spiro atoms. The second-order valence-corrected chi connectivity index (χ2v) is 6.65. The van der Waals surface area contributed by atoms with Crippen LogP contribution in [0.25, 0.3) is 5.52 Å². The summed E-state index contributed by atoms with van der Waals surface area (Å²) in [6, 6.07) is 6.53. The van der Waals surface area contributed by atoms with Gasteiger partial charge in [-0.05, 0) is 32.0 Å². The van der Waals surface area contributed by atoms with Gasteiger partial charge in [-0.1, -0.05) is 0 Å². The zero-order chi connectivity index (χ0) is 16.7. The SMILES string of the molecule is C[C@@H]1CN(c2ccc(C#N)n3ncc(F)c23)C[C@@H]2CCNCCN21.Cl. The minimum absolute atomic E-state index is 0. The summed E-state index contributed by atoms with van der Waals surface area (Å²) < 4.78 is 15.7. The van der Waals surface area contributed by atoms with Crippen LogP contribution in [0.15, 0.2) is 18.3 Å². The lowest BCUT2D eigenvalue weighted by Gasteiger charge is -2.46. The van der Waals surface area contributed by atoms with Crippen LogP contribution in [0.3, 0.4) is 0 Å². The molecule has 0 unspecified atom stereocenters. The van der Waals surface area contributed by atoms with E-state index < -0.39 is 0 Å². The summed E-state index contributed by atoms with van der Waals surface area (Å²) in [5.41, 5.74) is 1.58. The average molecular weight is 365 g/mol. The molecule has 8 heteroatoms. The van der Waals surface area contributed by atoms with Crippen molar-refractivity contribution in [1.82, 2.24) is 19.8 Å². The van der Waals surface area contributed by atoms with Crippen LogP contribution in [0.5, 0.6) is 0 Å². The third kappa shape index (κ3) is 3.06. The van der Waals surface area contributed by atoms with Crippen molar-refractivity contribution in [3.8, 4) is 6.07 Å². The van der Waals surface area contributed by atoms with Crippen LogP contribution in [0.2, 0.25) is 0 Å². The van der Waals surface area contributed by atoms with Crippen molar-refractivity contribution in [3.05, 3.63) is 29.8 Å². The van der Waals surface area contributed by atoms with Crippen molar-refractivity contribution < 1.29 is 4.39 Å². The molecule has 2 atom stereocenters. The van der Waals surface area contributed by atoms with Gasteiger partial charge in [0.25, 0.3) is 0 Å². The number of halogens is 2. The molecule has 2 aliphatic heterocycles. The lowest BCUT2D eigenvalue weighted by Crippen LogP contribution is -2.58. The number of pyridine rings is 1. The van der Waals surface area contributed by atoms with E-state index in [2.05, 4.69) is 33.2 Å². The molecular formula is C17H22ClFN6. The standard InChI is InChI=1S/C17H21FN6.ClH/c1-12-10-22(11-14-4-5-20-6-7-23(12)14)16-3-2-13(8-19)24-17(16)15(18)9-21-24;/h2-3,9,12,14,20H,4-7,10-11H2,1H3;1H/t12-,14+;/m1./s1. The van der Waals surface area contributed by atoms with Crippen molar-refractivity contribution in [2.75, 3.05) is 37.6 Å². The molecule has 2 saturated heterocycles. The quantitative estimate of drug-likeness (QED) is 0.833. The monoisotopic (exact) mass is 364 g/mol. The zero-order valence-corrected chi connectivity index (χ0v) is 15.0. The van der Waals surface area contributed by atoms with Crippen LogP contribution in [0.4, 0.5) is 10.1 Å². The summed E-state index contributed by atoms with van der Waals surface area (Å²) in [5, 5.41) is 16.7. The summed E-state index contributed by atoms with van der Waals surface area (Å²) in [4.78, 5) is 4.81. The highest BCUT2D eigenvalue weighted by Crippen LogP contribution is 2.30. The molecule has 25 heavy (non-hydrogen) atoms. The van der Waals surface area contributed by atoms with Gasteiger partial charge in [-0.2, -0.15) is 10.4 Å². The number of nitrogens with one attached hydrogen (secondary N) is 1. The van der Waals surface area contributed by atoms with Crippen molar-refractivity contribution in [2.24, 2.45) is 0 Å². The van der Waals surface area contributed by atoms with Crippen LogP contribution in [0, 0.1) is 17.1 Å². The molecule has 0 radical (unpaired) electrons. The predicted octanol–water partition coefficient (Wildman–Crippen LogP) is 1.64. The molecule has 2 aromatic heterocycles. The van der Waals surface area contributed by atoms with Gasteiger partial charge in [-0.25, -0.2) is 8.91 Å². The fraction of sp³-hybridized carbons (Fsp3) is 0.529. The zero-order valence-electron chi connectivity index (χ0n) is 14.2. The molecule has 134 valence electrons. The second-order valence-electron chi connectivity index (χ2n) is 6.65. The number of rotatable bonds is 1. The first-order chi connectivity index (χ1) is 11.7. The van der Waals surface area contributed by atoms with E-state index in [1.165, 1.54) is 10.7 Å². The van der Waals surface area contributed by atoms with Crippen molar-refractivity contribution in [2.45, 2.75) is 25.4 Å². The topological polar surface area (TPSA) is 59.6 Å². The third-order valence-electron chi connectivity index (χ3n) is 5.20. The Kier molecular flexibility index (Phi) is 5.13. The Morgan fingerprint density at radius 2 is 2.16 bits per heavy atom. The van der Waals surface area contributed by atoms with Gasteiger partial charge in [0.05, 0.1) is 11.9 Å². The molecule has 0 aromatic carbocycles. The minimum Gasteiger partial charge on any atom is -0.367 e. The van der Waals surface area contributed by atoms with Gasteiger partial charge < -0.3 is 10.2 Å². The molecular weight excluding hydrogens is 343 g/mol. The maximum atomic E-state index is 14.3. The van der Waals surface area contributed by atoms with Gasteiger partial charge >= 0.3 is 0 Å². The predicted molar refractivity (Wildman–Crippen MR) is 96.8 cm³/mol. The van der Waals surface area contributed by atoms with Crippen LogP contribution in [-0.2, 0) is 0 Å². The number of anilines is 1. The van der Waals surface area contributed by atoms with Gasteiger partial charge in [-0.3, -0.25) is 4.90 Å². The number of aromatic nitrogens is 2. The summed E-state index contributed by atoms with van der Waals surface area (Å²) in [6.07, 6.45) is 2.28. The highest BCUT2D eigenvalue weighted by molar-refractivity contribution is 5.85. The number of piperazine rings is 1. The first-order valence-corrected chi connectivity index (χ1v) is 8.47. The molecule has 0 aliphatic carbocycles. The first kappa shape index (κ1) is 17.9. The largest absolute Gasteiger partial charge is 0.367 e. The summed E-state index contributed by atoms with van der Waals surface area (Å²) in [7, 11) is 0. The van der Waals surface area contributed by atoms with E-state index in [1.807, 2.05) is 6.07 Å². The third-order valence-corrected chi connectivity index (χ3v) is 5.20. The molecule has 0 bridgehead atoms. The number of nitrogens with zero attached hydrogens (tertiary/aromatic N) is 5. The summed E-state index contributed by atoms with van der Waals surface area (Å²) in [5.74, 6) is -0.375. The molecule has 2 fully saturated rings. The minimum atomic E-state index is -0.375. The molecule has 1 N–H and O–H groups in total. The number of hydrogen-bond donors (Lipinski definition) is 1. The van der Waals surface area contributed by atoms with E-state index >= 15 is 0 Å². The molecule has 2 aromatic rings. The lowest BCUT2D eigenvalue weighted by atomic mass is 10.0. The fourth-order valence-electron chi connectivity index (χ4n) is 4.07. The molecule has 6 nitrogen and oxygen atoms in total. The molecule has 0 saturated carbocycles. The lowest BCUT2D eigenvalue weighted by molar-refractivity contribution is 0.129. The van der Waals surface area contributed by atoms with E-state index in [0.717, 1.165) is 44.8 Å². The Labute approximate surface area is 152 Å². The highest BCUT2D eigenvalue weighted by Gasteiger charge is 2.33. The Hall–Kier alpha value is -1.88. The molecule has 4 rings (SSSR count). The van der Waals surface area contributed by atoms with E-state index in [0.29, 0.717) is 23.3 Å². The van der Waals surface area contributed by atoms with E-state index in [1.54, 1.807) is 6.07 Å². The Bertz CT molecular complexity index is 800. The second kappa shape index (κ2) is 7.16. The molecule has 2 aliphatic rings. The van der Waals surface area contributed by atoms with Crippen molar-refractivity contribution in [1.29, 1.82) is 5.26 Å². The van der Waals surface area contributed by atoms with E-state index in [4.69, 9.17) is 0 Å². The van der Waals surface area contributed by atoms with Crippen LogP contribution >= 0.6 is 12.4 Å². The summed E-state index contributed by atoms with van der Waals surface area (Å²) in [6.45, 7) is 7.06. The maximum Gasteiger partial charge on any atom is 0.171 e. The first-order valence-electron chi connectivity index (χ1n) is 8.47. The number of nitriles is 1. The van der Waals surface area contributed by atoms with Crippen LogP contribution < -0.4 is 10.2 Å². The fourth-order valence-corrected chi connectivity index (χ4v) is 4.07. The maximum absolute atomic E-state index is 14.3. The van der Waals surface area contributed by atoms with Crippen molar-refractivity contribution in [3.63, 3.8) is 0 Å². The normalized spacial score (nSPS) is 24.3. The Morgan fingerprint density at radius 1 is 1.32 bits per heavy atom.